The van der Waals surface area contributed by atoms with E-state index < -0.39 is 175 Å². The highest BCUT2D eigenvalue weighted by Crippen LogP contribution is 2.41. The lowest BCUT2D eigenvalue weighted by molar-refractivity contribution is -0.233. The number of hydrogen-bond donors (Lipinski definition) is 12. The molecule has 0 radical (unpaired) electrons. The third-order valence-electron chi connectivity index (χ3n) is 17.0. The molecule has 32 nitrogen and oxygen atoms in total. The Labute approximate surface area is 566 Å². The van der Waals surface area contributed by atoms with E-state index >= 15 is 0 Å². The lowest BCUT2D eigenvalue weighted by Crippen LogP contribution is -2.64. The fourth-order valence-corrected chi connectivity index (χ4v) is 11.6. The van der Waals surface area contributed by atoms with Crippen LogP contribution in [0.2, 0.25) is 0 Å². The van der Waals surface area contributed by atoms with Crippen molar-refractivity contribution < 1.29 is 106 Å². The number of cyclic esters (lactones) is 1. The van der Waals surface area contributed by atoms with Gasteiger partial charge in [0.05, 0.1) is 48.6 Å². The van der Waals surface area contributed by atoms with Gasteiger partial charge in [-0.3, -0.25) is 52.8 Å². The molecule has 0 saturated carbocycles. The van der Waals surface area contributed by atoms with Crippen LogP contribution in [0.4, 0.5) is 19.3 Å². The summed E-state index contributed by atoms with van der Waals surface area (Å²) in [6.45, 7) is 1.49. The lowest BCUT2D eigenvalue weighted by atomic mass is 9.86. The molecule has 0 aliphatic carbocycles. The Hall–Kier alpha value is -10.9. The van der Waals surface area contributed by atoms with Crippen molar-refractivity contribution >= 4 is 87.8 Å². The van der Waals surface area contributed by atoms with E-state index in [0.717, 1.165) is 24.3 Å². The molecule has 5 aromatic rings. The number of amides is 10. The number of pyridine rings is 2. The van der Waals surface area contributed by atoms with Crippen LogP contribution >= 0.6 is 0 Å². The highest BCUT2D eigenvalue weighted by Gasteiger charge is 2.48. The van der Waals surface area contributed by atoms with E-state index in [1.165, 1.54) is 27.7 Å². The fourth-order valence-electron chi connectivity index (χ4n) is 11.6. The Balaban J connectivity index is 0.749. The quantitative estimate of drug-likeness (QED) is 0.0197. The van der Waals surface area contributed by atoms with Crippen LogP contribution in [0.3, 0.4) is 0 Å². The number of aromatic nitrogens is 2. The summed E-state index contributed by atoms with van der Waals surface area (Å²) in [4.78, 5) is 175. The van der Waals surface area contributed by atoms with Gasteiger partial charge in [0.25, 0.3) is 17.4 Å². The zero-order chi connectivity index (χ0) is 72.4. The number of nitrogens with one attached hydrogen (secondary N) is 7. The second kappa shape index (κ2) is 31.7. The van der Waals surface area contributed by atoms with Crippen LogP contribution in [0.25, 0.3) is 22.3 Å². The van der Waals surface area contributed by atoms with Crippen molar-refractivity contribution in [1.29, 1.82) is 0 Å². The molecule has 2 aromatic heterocycles. The van der Waals surface area contributed by atoms with Crippen molar-refractivity contribution in [2.75, 3.05) is 38.0 Å². The summed E-state index contributed by atoms with van der Waals surface area (Å²) < 4.78 is 47.1. The highest BCUT2D eigenvalue weighted by molar-refractivity contribution is 6.14. The number of aliphatic carboxylic acids is 1. The van der Waals surface area contributed by atoms with Crippen LogP contribution in [0.15, 0.2) is 89.7 Å². The number of carbonyl (C=O) groups is 12. The summed E-state index contributed by atoms with van der Waals surface area (Å²) in [6.07, 6.45) is -9.83. The predicted octanol–water partition coefficient (Wildman–Crippen LogP) is -1.45. The molecule has 0 bridgehead atoms. The van der Waals surface area contributed by atoms with Gasteiger partial charge in [0, 0.05) is 65.8 Å². The average molecular weight is 1390 g/mol. The third kappa shape index (κ3) is 16.9. The largest absolute Gasteiger partial charge is 0.479 e. The molecule has 530 valence electrons. The van der Waals surface area contributed by atoms with Crippen LogP contribution < -0.4 is 42.8 Å². The highest BCUT2D eigenvalue weighted by atomic mass is 19.2. The number of fused-ring (bicyclic) bond motifs is 5. The molecule has 100 heavy (non-hydrogen) atoms. The molecule has 0 spiro atoms. The van der Waals surface area contributed by atoms with Crippen LogP contribution in [0.5, 0.6) is 0 Å². The first-order chi connectivity index (χ1) is 47.5. The second-order valence-electron chi connectivity index (χ2n) is 24.1. The number of aliphatic hydroxyl groups is 4. The smallest absolute Gasteiger partial charge is 0.410 e. The zero-order valence-electron chi connectivity index (χ0n) is 53.9. The van der Waals surface area contributed by atoms with Gasteiger partial charge >= 0.3 is 18.0 Å². The molecule has 34 heteroatoms. The van der Waals surface area contributed by atoms with Crippen molar-refractivity contribution in [1.82, 2.24) is 51.3 Å². The number of carboxylic acids is 1. The SMILES string of the molecule is CC[C@@]1(O)C(=O)OCc2c1cc1n(c2=O)Cc2c-1nc1cc(F)c(F)cc1c2CCN(C(=O)OCc1ccc(NC(=O)CNC(=O)[C@H](Cc2ccccc2)NC(=O)CNC(=O)CNC(=O)[C@H](CCCC(=O)N[C@H]2O[C@H](C(=O)O)[C@@H](O)[C@H](O)[C@H]2O)NC(=O)CN2C(=O)C=CC2=O)cc1)C(C)C. The molecular weight excluding hydrogens is 1320 g/mol. The summed E-state index contributed by atoms with van der Waals surface area (Å²) in [7, 11) is 0. The number of esters is 1. The van der Waals surface area contributed by atoms with Gasteiger partial charge in [0.15, 0.2) is 29.6 Å². The summed E-state index contributed by atoms with van der Waals surface area (Å²) in [6, 6.07) is 14.8. The van der Waals surface area contributed by atoms with E-state index in [1.54, 1.807) is 63.2 Å². The summed E-state index contributed by atoms with van der Waals surface area (Å²) in [5.74, 6) is -12.8. The number of benzene rings is 3. The van der Waals surface area contributed by atoms with Crippen LogP contribution in [0.1, 0.15) is 79.8 Å². The number of carbonyl (C=O) groups excluding carboxylic acids is 11. The summed E-state index contributed by atoms with van der Waals surface area (Å²) in [5.41, 5.74) is 0.393. The molecule has 4 aliphatic heterocycles. The third-order valence-corrected chi connectivity index (χ3v) is 17.0. The molecule has 1 fully saturated rings. The minimum atomic E-state index is -2.11. The molecule has 1 saturated heterocycles. The number of hydrogen-bond acceptors (Lipinski definition) is 21. The number of rotatable bonds is 28. The average Bonchev–Trinajstić information content (AvgIpc) is 1.53. The monoisotopic (exact) mass is 1390 g/mol. The van der Waals surface area contributed by atoms with Crippen molar-refractivity contribution in [3.63, 3.8) is 0 Å². The maximum atomic E-state index is 15.0. The molecule has 10 amide bonds. The minimum absolute atomic E-state index is 0.00346. The van der Waals surface area contributed by atoms with Crippen LogP contribution in [0, 0.1) is 11.6 Å². The molecule has 6 heterocycles. The first-order valence-corrected chi connectivity index (χ1v) is 31.6. The van der Waals surface area contributed by atoms with Gasteiger partial charge in [-0.15, -0.1) is 0 Å². The predicted molar refractivity (Wildman–Crippen MR) is 340 cm³/mol. The molecular formula is C66H71F2N11O21. The Morgan fingerprint density at radius 3 is 2.08 bits per heavy atom. The summed E-state index contributed by atoms with van der Waals surface area (Å²) in [5, 5.41) is 67.9. The van der Waals surface area contributed by atoms with Crippen molar-refractivity contribution in [2.45, 2.75) is 133 Å². The van der Waals surface area contributed by atoms with E-state index in [9.17, 15) is 96.6 Å². The maximum Gasteiger partial charge on any atom is 0.410 e. The molecule has 3 aromatic carbocycles. The first-order valence-electron chi connectivity index (χ1n) is 31.6. The summed E-state index contributed by atoms with van der Waals surface area (Å²) >= 11 is 0. The van der Waals surface area contributed by atoms with Crippen LogP contribution in [-0.2, 0) is 105 Å². The van der Waals surface area contributed by atoms with E-state index in [4.69, 9.17) is 14.2 Å². The van der Waals surface area contributed by atoms with E-state index in [0.29, 0.717) is 27.2 Å². The number of ether oxygens (including phenoxy) is 3. The topological polar surface area (TPSA) is 459 Å². The van der Waals surface area contributed by atoms with E-state index in [1.807, 2.05) is 0 Å². The van der Waals surface area contributed by atoms with Gasteiger partial charge in [0.2, 0.25) is 41.4 Å². The zero-order valence-corrected chi connectivity index (χ0v) is 53.9. The van der Waals surface area contributed by atoms with E-state index in [2.05, 4.69) is 42.2 Å². The van der Waals surface area contributed by atoms with Gasteiger partial charge in [-0.1, -0.05) is 49.4 Å². The molecule has 4 aliphatic rings. The van der Waals surface area contributed by atoms with Crippen LogP contribution in [-0.4, -0.2) is 198 Å². The van der Waals surface area contributed by atoms with Gasteiger partial charge in [-0.25, -0.2) is 28.1 Å². The number of halogens is 2. The van der Waals surface area contributed by atoms with Crippen molar-refractivity contribution in [3.8, 4) is 11.4 Å². The molecule has 8 atom stereocenters. The first kappa shape index (κ1) is 73.3. The fraction of sp³-hybridized carbons (Fsp3) is 0.394. The van der Waals surface area contributed by atoms with Crippen molar-refractivity contribution in [2.24, 2.45) is 0 Å². The Morgan fingerprint density at radius 1 is 0.760 bits per heavy atom. The van der Waals surface area contributed by atoms with E-state index in [-0.39, 0.29) is 97.5 Å². The maximum absolute atomic E-state index is 15.0. The number of nitrogens with zero attached hydrogens (tertiary/aromatic N) is 4. The Kier molecular flexibility index (Phi) is 23.3. The van der Waals surface area contributed by atoms with Gasteiger partial charge < -0.3 is 86.4 Å². The van der Waals surface area contributed by atoms with Gasteiger partial charge in [0.1, 0.15) is 50.2 Å². The second-order valence-corrected chi connectivity index (χ2v) is 24.1. The normalized spacial score (nSPS) is 19.5. The number of aliphatic hydroxyl groups excluding tert-OH is 3. The Morgan fingerprint density at radius 2 is 1.41 bits per heavy atom. The molecule has 0 unspecified atom stereocenters. The number of imide groups is 1. The van der Waals surface area contributed by atoms with Crippen molar-refractivity contribution in [3.05, 3.63) is 140 Å². The standard InChI is InChI=1S/C66H71F2N11O21/c1-4-66(97)40-23-46-54-38(28-78(46)62(92)39(40)31-98-64(66)95)36(37-22-41(67)42(68)24-44(37)75-54)19-20-77(32(2)3)65(96)99-30-34-13-15-35(16-14-34)72-49(82)27-71-60(91)45(21-33-9-6-5-7-10-33)74-50(83)26-69-48(81)25-70-59(90)43(73-51(84)29-79-52(85)17-18-53(79)86)11-8-12-47(80)76-61-57(89)55(87)56(88)58(100-61)63(93)94/h5-7,9-10,13-18,22-24,32,43,45,55-58,61,87-89,97H,4,8,11-12,19-21,25-31H2,1-3H3,(H,69,81)(H,70,90)(H,71,91)(H,72,82)(H,73,84)(H,74,83)(H,76,80)(H,93,94)/t43-,45-,55-,56-,57+,58-,61-,66-/m0/s1. The lowest BCUT2D eigenvalue weighted by Gasteiger charge is -2.38. The Bertz CT molecular complexity index is 4160. The number of carboxylic acid groups (broad SMARTS) is 1. The molecule has 12 N–H and O–H groups in total. The van der Waals surface area contributed by atoms with Gasteiger partial charge in [-0.05, 0) is 80.5 Å². The molecule has 9 rings (SSSR count). The minimum Gasteiger partial charge on any atom is -0.479 e. The van der Waals surface area contributed by atoms with Gasteiger partial charge in [-0.2, -0.15) is 0 Å². The number of anilines is 1.